The van der Waals surface area contributed by atoms with Crippen LogP contribution in [0.4, 0.5) is 0 Å². The van der Waals surface area contributed by atoms with Gasteiger partial charge in [0.15, 0.2) is 0 Å². The molecule has 18 heavy (non-hydrogen) atoms. The van der Waals surface area contributed by atoms with Gasteiger partial charge in [-0.3, -0.25) is 0 Å². The SMILES string of the molecule is C=CCOc1c(CNCC(C)CO)c(C)nn1C. The number of rotatable bonds is 8. The first-order chi connectivity index (χ1) is 8.60. The minimum Gasteiger partial charge on any atom is -0.473 e. The summed E-state index contributed by atoms with van der Waals surface area (Å²) in [5.41, 5.74) is 2.02. The van der Waals surface area contributed by atoms with Crippen molar-refractivity contribution in [2.75, 3.05) is 19.8 Å². The van der Waals surface area contributed by atoms with Gasteiger partial charge in [0.05, 0.1) is 11.3 Å². The van der Waals surface area contributed by atoms with Crippen molar-refractivity contribution in [2.24, 2.45) is 13.0 Å². The molecule has 0 aliphatic rings. The van der Waals surface area contributed by atoms with Gasteiger partial charge in [0, 0.05) is 26.7 Å². The molecule has 0 aromatic carbocycles. The lowest BCUT2D eigenvalue weighted by Gasteiger charge is -2.11. The van der Waals surface area contributed by atoms with Gasteiger partial charge in [-0.2, -0.15) is 5.10 Å². The van der Waals surface area contributed by atoms with E-state index in [9.17, 15) is 0 Å². The molecule has 0 aliphatic carbocycles. The molecule has 0 saturated carbocycles. The third-order valence-electron chi connectivity index (χ3n) is 2.73. The van der Waals surface area contributed by atoms with Crippen molar-refractivity contribution in [1.29, 1.82) is 0 Å². The van der Waals surface area contributed by atoms with Crippen molar-refractivity contribution < 1.29 is 9.84 Å². The van der Waals surface area contributed by atoms with Crippen LogP contribution in [0.1, 0.15) is 18.2 Å². The van der Waals surface area contributed by atoms with Crippen LogP contribution in [-0.4, -0.2) is 34.6 Å². The molecule has 0 bridgehead atoms. The lowest BCUT2D eigenvalue weighted by atomic mass is 10.2. The maximum atomic E-state index is 8.97. The Morgan fingerprint density at radius 3 is 2.94 bits per heavy atom. The number of aromatic nitrogens is 2. The van der Waals surface area contributed by atoms with Gasteiger partial charge in [-0.05, 0) is 12.8 Å². The molecule has 1 aromatic heterocycles. The second-order valence-electron chi connectivity index (χ2n) is 4.51. The molecule has 1 unspecified atom stereocenters. The number of aliphatic hydroxyl groups excluding tert-OH is 1. The Balaban J connectivity index is 2.65. The van der Waals surface area contributed by atoms with E-state index in [1.165, 1.54) is 0 Å². The summed E-state index contributed by atoms with van der Waals surface area (Å²) in [5.74, 6) is 1.02. The van der Waals surface area contributed by atoms with Gasteiger partial charge in [-0.15, -0.1) is 0 Å². The highest BCUT2D eigenvalue weighted by Crippen LogP contribution is 2.21. The predicted octanol–water partition coefficient (Wildman–Crippen LogP) is 1.01. The van der Waals surface area contributed by atoms with Crippen LogP contribution in [0.25, 0.3) is 0 Å². The molecule has 0 aliphatic heterocycles. The molecule has 0 fully saturated rings. The van der Waals surface area contributed by atoms with Crippen molar-refractivity contribution >= 4 is 0 Å². The van der Waals surface area contributed by atoms with Crippen molar-refractivity contribution in [3.63, 3.8) is 0 Å². The average molecular weight is 253 g/mol. The fraction of sp³-hybridized carbons (Fsp3) is 0.615. The van der Waals surface area contributed by atoms with Gasteiger partial charge < -0.3 is 15.2 Å². The second kappa shape index (κ2) is 7.18. The highest BCUT2D eigenvalue weighted by molar-refractivity contribution is 5.31. The second-order valence-corrected chi connectivity index (χ2v) is 4.51. The minimum absolute atomic E-state index is 0.193. The number of ether oxygens (including phenoxy) is 1. The Morgan fingerprint density at radius 2 is 2.33 bits per heavy atom. The standard InChI is InChI=1S/C13H23N3O2/c1-5-6-18-13-12(11(3)15-16(13)4)8-14-7-10(2)9-17/h5,10,14,17H,1,6-9H2,2-4H3. The van der Waals surface area contributed by atoms with Gasteiger partial charge in [0.2, 0.25) is 5.88 Å². The maximum Gasteiger partial charge on any atom is 0.216 e. The zero-order chi connectivity index (χ0) is 13.5. The fourth-order valence-electron chi connectivity index (χ4n) is 1.71. The van der Waals surface area contributed by atoms with E-state index in [2.05, 4.69) is 17.0 Å². The van der Waals surface area contributed by atoms with Crippen molar-refractivity contribution in [2.45, 2.75) is 20.4 Å². The van der Waals surface area contributed by atoms with Gasteiger partial charge in [-0.1, -0.05) is 19.6 Å². The van der Waals surface area contributed by atoms with Crippen LogP contribution in [0.5, 0.6) is 5.88 Å². The van der Waals surface area contributed by atoms with Gasteiger partial charge in [0.25, 0.3) is 0 Å². The van der Waals surface area contributed by atoms with Crippen LogP contribution in [-0.2, 0) is 13.6 Å². The lowest BCUT2D eigenvalue weighted by molar-refractivity contribution is 0.233. The van der Waals surface area contributed by atoms with E-state index in [0.29, 0.717) is 13.2 Å². The van der Waals surface area contributed by atoms with Crippen molar-refractivity contribution in [3.05, 3.63) is 23.9 Å². The molecule has 5 heteroatoms. The molecule has 5 nitrogen and oxygen atoms in total. The summed E-state index contributed by atoms with van der Waals surface area (Å²) in [5, 5.41) is 16.6. The number of nitrogens with one attached hydrogen (secondary N) is 1. The molecule has 1 atom stereocenters. The molecule has 0 saturated heterocycles. The summed E-state index contributed by atoms with van der Waals surface area (Å²) in [6, 6.07) is 0. The van der Waals surface area contributed by atoms with E-state index >= 15 is 0 Å². The summed E-state index contributed by atoms with van der Waals surface area (Å²) < 4.78 is 7.36. The zero-order valence-corrected chi connectivity index (χ0v) is 11.4. The Hall–Kier alpha value is -1.33. The zero-order valence-electron chi connectivity index (χ0n) is 11.4. The summed E-state index contributed by atoms with van der Waals surface area (Å²) in [4.78, 5) is 0. The highest BCUT2D eigenvalue weighted by atomic mass is 16.5. The van der Waals surface area contributed by atoms with Gasteiger partial charge in [0.1, 0.15) is 6.61 Å². The van der Waals surface area contributed by atoms with Crippen LogP contribution in [0.15, 0.2) is 12.7 Å². The topological polar surface area (TPSA) is 59.3 Å². The molecular formula is C13H23N3O2. The van der Waals surface area contributed by atoms with E-state index in [4.69, 9.17) is 9.84 Å². The predicted molar refractivity (Wildman–Crippen MR) is 71.6 cm³/mol. The fourth-order valence-corrected chi connectivity index (χ4v) is 1.71. The minimum atomic E-state index is 0.193. The summed E-state index contributed by atoms with van der Waals surface area (Å²) >= 11 is 0. The number of hydrogen-bond acceptors (Lipinski definition) is 4. The normalized spacial score (nSPS) is 12.4. The van der Waals surface area contributed by atoms with Gasteiger partial charge in [-0.25, -0.2) is 4.68 Å². The monoisotopic (exact) mass is 253 g/mol. The summed E-state index contributed by atoms with van der Waals surface area (Å²) in [6.45, 7) is 9.73. The number of nitrogens with zero attached hydrogens (tertiary/aromatic N) is 2. The quantitative estimate of drug-likeness (QED) is 0.679. The third kappa shape index (κ3) is 3.85. The molecule has 0 amide bonds. The number of hydrogen-bond donors (Lipinski definition) is 2. The van der Waals surface area contributed by atoms with Gasteiger partial charge >= 0.3 is 0 Å². The lowest BCUT2D eigenvalue weighted by Crippen LogP contribution is -2.23. The smallest absolute Gasteiger partial charge is 0.216 e. The first kappa shape index (κ1) is 14.7. The van der Waals surface area contributed by atoms with E-state index < -0.39 is 0 Å². The molecule has 1 heterocycles. The van der Waals surface area contributed by atoms with E-state index in [-0.39, 0.29) is 12.5 Å². The van der Waals surface area contributed by atoms with E-state index in [0.717, 1.165) is 23.7 Å². The maximum absolute atomic E-state index is 8.97. The summed E-state index contributed by atoms with van der Waals surface area (Å²) in [7, 11) is 1.87. The first-order valence-corrected chi connectivity index (χ1v) is 6.17. The van der Waals surface area contributed by atoms with Crippen LogP contribution >= 0.6 is 0 Å². The van der Waals surface area contributed by atoms with Crippen molar-refractivity contribution in [3.8, 4) is 5.88 Å². The number of aryl methyl sites for hydroxylation is 2. The van der Waals surface area contributed by atoms with Crippen LogP contribution < -0.4 is 10.1 Å². The molecule has 1 rings (SSSR count). The average Bonchev–Trinajstić information content (AvgIpc) is 2.61. The third-order valence-corrected chi connectivity index (χ3v) is 2.73. The number of aliphatic hydroxyl groups is 1. The first-order valence-electron chi connectivity index (χ1n) is 6.17. The van der Waals surface area contributed by atoms with Crippen LogP contribution in [0, 0.1) is 12.8 Å². The van der Waals surface area contributed by atoms with E-state index in [1.807, 2.05) is 20.9 Å². The molecule has 2 N–H and O–H groups in total. The summed E-state index contributed by atoms with van der Waals surface area (Å²) in [6.07, 6.45) is 1.72. The molecule has 102 valence electrons. The van der Waals surface area contributed by atoms with E-state index in [1.54, 1.807) is 10.8 Å². The molecule has 0 radical (unpaired) electrons. The van der Waals surface area contributed by atoms with Crippen molar-refractivity contribution in [1.82, 2.24) is 15.1 Å². The van der Waals surface area contributed by atoms with Crippen LogP contribution in [0.2, 0.25) is 0 Å². The largest absolute Gasteiger partial charge is 0.473 e. The molecule has 1 aromatic rings. The Kier molecular flexibility index (Phi) is 5.88. The Morgan fingerprint density at radius 1 is 1.61 bits per heavy atom. The Labute approximate surface area is 108 Å². The molecule has 0 spiro atoms. The highest BCUT2D eigenvalue weighted by Gasteiger charge is 2.14. The van der Waals surface area contributed by atoms with Crippen LogP contribution in [0.3, 0.4) is 0 Å². The Bertz CT molecular complexity index is 388. The molecular weight excluding hydrogens is 230 g/mol.